The summed E-state index contributed by atoms with van der Waals surface area (Å²) >= 11 is 0. The lowest BCUT2D eigenvalue weighted by Gasteiger charge is -2.27. The molecule has 0 spiro atoms. The van der Waals surface area contributed by atoms with Gasteiger partial charge in [0, 0.05) is 18.1 Å². The Labute approximate surface area is 170 Å². The summed E-state index contributed by atoms with van der Waals surface area (Å²) in [5, 5.41) is 26.7. The molecule has 30 heavy (non-hydrogen) atoms. The normalized spacial score (nSPS) is 16.4. The number of fused-ring (bicyclic) bond motifs is 1. The van der Waals surface area contributed by atoms with Crippen LogP contribution in [0.15, 0.2) is 77.9 Å². The first-order valence-electron chi connectivity index (χ1n) is 9.09. The van der Waals surface area contributed by atoms with Gasteiger partial charge in [-0.25, -0.2) is 0 Å². The first kappa shape index (κ1) is 19.1. The van der Waals surface area contributed by atoms with Crippen LogP contribution in [0.2, 0.25) is 0 Å². The van der Waals surface area contributed by atoms with E-state index in [0.717, 1.165) is 17.2 Å². The number of rotatable bonds is 5. The molecule has 0 amide bonds. The van der Waals surface area contributed by atoms with Crippen molar-refractivity contribution >= 4 is 22.8 Å². The number of anilines is 1. The lowest BCUT2D eigenvalue weighted by Crippen LogP contribution is -2.21. The van der Waals surface area contributed by atoms with E-state index >= 15 is 0 Å². The predicted octanol–water partition coefficient (Wildman–Crippen LogP) is 4.84. The van der Waals surface area contributed by atoms with Crippen LogP contribution in [0.3, 0.4) is 0 Å². The highest BCUT2D eigenvalue weighted by Crippen LogP contribution is 2.35. The highest BCUT2D eigenvalue weighted by atomic mass is 16.6. The zero-order chi connectivity index (χ0) is 21.1. The third-order valence-corrected chi connectivity index (χ3v) is 4.72. The minimum atomic E-state index is -0.680. The van der Waals surface area contributed by atoms with Crippen LogP contribution in [0.1, 0.15) is 23.7 Å². The molecule has 150 valence electrons. The molecule has 0 aliphatic carbocycles. The number of hydrogen-bond donors (Lipinski definition) is 1. The van der Waals surface area contributed by atoms with Crippen molar-refractivity contribution in [3.8, 4) is 5.75 Å². The van der Waals surface area contributed by atoms with Gasteiger partial charge in [0.1, 0.15) is 17.5 Å². The van der Waals surface area contributed by atoms with E-state index in [1.807, 2.05) is 54.6 Å². The van der Waals surface area contributed by atoms with Crippen molar-refractivity contribution < 1.29 is 14.6 Å². The Kier molecular flexibility index (Phi) is 5.08. The smallest absolute Gasteiger partial charge is 0.301 e. The van der Waals surface area contributed by atoms with Gasteiger partial charge in [-0.3, -0.25) is 25.7 Å². The van der Waals surface area contributed by atoms with Crippen molar-refractivity contribution in [2.45, 2.75) is 12.5 Å². The molecule has 3 aromatic rings. The minimum Gasteiger partial charge on any atom is -0.485 e. The second-order valence-corrected chi connectivity index (χ2v) is 6.60. The molecule has 0 fully saturated rings. The molecule has 1 heterocycles. The third-order valence-electron chi connectivity index (χ3n) is 4.72. The van der Waals surface area contributed by atoms with Gasteiger partial charge < -0.3 is 4.74 Å². The van der Waals surface area contributed by atoms with E-state index in [1.165, 1.54) is 12.1 Å². The van der Waals surface area contributed by atoms with Crippen molar-refractivity contribution in [3.63, 3.8) is 0 Å². The summed E-state index contributed by atoms with van der Waals surface area (Å²) in [6, 6.07) is 20.5. The molecule has 1 aliphatic heterocycles. The molecule has 9 nitrogen and oxygen atoms in total. The van der Waals surface area contributed by atoms with E-state index in [9.17, 15) is 20.2 Å². The van der Waals surface area contributed by atoms with Crippen LogP contribution >= 0.6 is 0 Å². The number of non-ortho nitro benzene ring substituents is 1. The van der Waals surface area contributed by atoms with E-state index in [0.29, 0.717) is 17.9 Å². The Hall–Kier alpha value is -4.27. The summed E-state index contributed by atoms with van der Waals surface area (Å²) in [6.45, 7) is 0. The molecule has 0 saturated heterocycles. The molecule has 0 aromatic heterocycles. The Morgan fingerprint density at radius 1 is 0.933 bits per heavy atom. The van der Waals surface area contributed by atoms with Crippen LogP contribution in [0.25, 0.3) is 0 Å². The number of nitrogens with zero attached hydrogens (tertiary/aromatic N) is 3. The van der Waals surface area contributed by atoms with E-state index in [-0.39, 0.29) is 17.5 Å². The summed E-state index contributed by atoms with van der Waals surface area (Å²) in [5.74, 6) is 0.663. The van der Waals surface area contributed by atoms with Crippen LogP contribution in [0.4, 0.5) is 17.1 Å². The zero-order valence-corrected chi connectivity index (χ0v) is 15.6. The standard InChI is InChI=1S/C21H16N4O5/c26-24(27)15-10-11-17(19(12-15)25(28)29)22-23-18-13-21(14-6-2-1-3-7-14)30-20-9-5-4-8-16(18)20/h1-12,21-22H,13H2/b23-18-/t21-/m1/s1. The first-order chi connectivity index (χ1) is 14.5. The molecule has 4 rings (SSSR count). The molecular formula is C21H16N4O5. The average molecular weight is 404 g/mol. The number of benzene rings is 3. The second-order valence-electron chi connectivity index (χ2n) is 6.60. The number of para-hydroxylation sites is 1. The molecule has 0 saturated carbocycles. The maximum absolute atomic E-state index is 11.4. The maximum Gasteiger partial charge on any atom is 0.301 e. The number of hydrazone groups is 1. The fourth-order valence-electron chi connectivity index (χ4n) is 3.25. The number of nitro groups is 2. The van der Waals surface area contributed by atoms with Crippen molar-refractivity contribution in [3.05, 3.63) is 104 Å². The van der Waals surface area contributed by atoms with Crippen molar-refractivity contribution in [2.75, 3.05) is 5.43 Å². The van der Waals surface area contributed by atoms with E-state index in [1.54, 1.807) is 0 Å². The van der Waals surface area contributed by atoms with Crippen molar-refractivity contribution in [1.29, 1.82) is 0 Å². The lowest BCUT2D eigenvalue weighted by atomic mass is 9.96. The first-order valence-corrected chi connectivity index (χ1v) is 9.09. The Balaban J connectivity index is 1.69. The molecule has 9 heteroatoms. The summed E-state index contributed by atoms with van der Waals surface area (Å²) in [5.41, 5.74) is 4.43. The van der Waals surface area contributed by atoms with Gasteiger partial charge >= 0.3 is 5.69 Å². The quantitative estimate of drug-likeness (QED) is 0.480. The van der Waals surface area contributed by atoms with Crippen LogP contribution in [0, 0.1) is 20.2 Å². The van der Waals surface area contributed by atoms with Gasteiger partial charge in [-0.05, 0) is 23.8 Å². The number of nitro benzene ring substituents is 2. The van der Waals surface area contributed by atoms with Crippen LogP contribution < -0.4 is 10.2 Å². The summed E-state index contributed by atoms with van der Waals surface area (Å²) in [4.78, 5) is 20.9. The SMILES string of the molecule is O=[N+]([O-])c1ccc(N/N=C2/C[C@H](c3ccccc3)Oc3ccccc32)c([N+](=O)[O-])c1. The molecule has 3 aromatic carbocycles. The van der Waals surface area contributed by atoms with Crippen LogP contribution in [-0.2, 0) is 0 Å². The molecule has 0 radical (unpaired) electrons. The summed E-state index contributed by atoms with van der Waals surface area (Å²) in [7, 11) is 0. The maximum atomic E-state index is 11.4. The molecule has 0 unspecified atom stereocenters. The Morgan fingerprint density at radius 3 is 2.40 bits per heavy atom. The predicted molar refractivity (Wildman–Crippen MR) is 111 cm³/mol. The fraction of sp³-hybridized carbons (Fsp3) is 0.0952. The molecule has 1 N–H and O–H groups in total. The summed E-state index contributed by atoms with van der Waals surface area (Å²) in [6.07, 6.45) is 0.197. The molecular weight excluding hydrogens is 388 g/mol. The molecule has 1 atom stereocenters. The van der Waals surface area contributed by atoms with Gasteiger partial charge in [-0.2, -0.15) is 5.10 Å². The number of nitrogens with one attached hydrogen (secondary N) is 1. The molecule has 1 aliphatic rings. The lowest BCUT2D eigenvalue weighted by molar-refractivity contribution is -0.393. The van der Waals surface area contributed by atoms with Crippen LogP contribution in [-0.4, -0.2) is 15.6 Å². The van der Waals surface area contributed by atoms with Gasteiger partial charge in [-0.1, -0.05) is 42.5 Å². The monoisotopic (exact) mass is 404 g/mol. The van der Waals surface area contributed by atoms with Crippen LogP contribution in [0.5, 0.6) is 5.75 Å². The minimum absolute atomic E-state index is 0.0679. The van der Waals surface area contributed by atoms with E-state index in [2.05, 4.69) is 10.5 Å². The number of hydrogen-bond acceptors (Lipinski definition) is 7. The zero-order valence-electron chi connectivity index (χ0n) is 15.6. The van der Waals surface area contributed by atoms with Gasteiger partial charge in [0.05, 0.1) is 21.6 Å². The fourth-order valence-corrected chi connectivity index (χ4v) is 3.25. The Morgan fingerprint density at radius 2 is 1.67 bits per heavy atom. The average Bonchev–Trinajstić information content (AvgIpc) is 2.77. The van der Waals surface area contributed by atoms with Crippen molar-refractivity contribution in [1.82, 2.24) is 0 Å². The Bertz CT molecular complexity index is 1150. The number of ether oxygens (including phenoxy) is 1. The van der Waals surface area contributed by atoms with Gasteiger partial charge in [0.15, 0.2) is 0 Å². The van der Waals surface area contributed by atoms with Crippen molar-refractivity contribution in [2.24, 2.45) is 5.10 Å². The van der Waals surface area contributed by atoms with Gasteiger partial charge in [0.2, 0.25) is 0 Å². The van der Waals surface area contributed by atoms with E-state index in [4.69, 9.17) is 4.74 Å². The largest absolute Gasteiger partial charge is 0.485 e. The second kappa shape index (κ2) is 8.00. The van der Waals surface area contributed by atoms with E-state index < -0.39 is 15.5 Å². The summed E-state index contributed by atoms with van der Waals surface area (Å²) < 4.78 is 6.11. The van der Waals surface area contributed by atoms with Gasteiger partial charge in [-0.15, -0.1) is 0 Å². The van der Waals surface area contributed by atoms with Gasteiger partial charge in [0.25, 0.3) is 5.69 Å². The third kappa shape index (κ3) is 3.81. The molecule has 0 bridgehead atoms. The topological polar surface area (TPSA) is 120 Å². The highest BCUT2D eigenvalue weighted by molar-refractivity contribution is 6.04. The highest BCUT2D eigenvalue weighted by Gasteiger charge is 2.26.